The van der Waals surface area contributed by atoms with Gasteiger partial charge >= 0.3 is 0 Å². The van der Waals surface area contributed by atoms with Gasteiger partial charge in [0.05, 0.1) is 13.1 Å². The summed E-state index contributed by atoms with van der Waals surface area (Å²) in [5.74, 6) is 3.97. The van der Waals surface area contributed by atoms with E-state index in [1.165, 1.54) is 12.1 Å². The van der Waals surface area contributed by atoms with E-state index < -0.39 is 17.7 Å². The molecule has 3 rings (SSSR count). The summed E-state index contributed by atoms with van der Waals surface area (Å²) in [7, 11) is 0. The zero-order chi connectivity index (χ0) is 17.3. The number of benzene rings is 1. The molecular weight excluding hydrogens is 316 g/mol. The fourth-order valence-corrected chi connectivity index (χ4v) is 3.47. The van der Waals surface area contributed by atoms with Crippen LogP contribution in [-0.4, -0.2) is 42.3 Å². The molecule has 8 heteroatoms. The molecule has 0 saturated heterocycles. The number of aliphatic imine (C=N–C) groups is 1. The number of amides is 1. The maximum absolute atomic E-state index is 13.5. The molecular formula is C16H21F2N5O. The number of rotatable bonds is 3. The largest absolute Gasteiger partial charge is 0.333 e. The van der Waals surface area contributed by atoms with E-state index in [0.29, 0.717) is 38.3 Å². The van der Waals surface area contributed by atoms with Crippen LogP contribution in [0.3, 0.4) is 0 Å². The molecule has 6 nitrogen and oxygen atoms in total. The molecule has 0 fully saturated rings. The highest BCUT2D eigenvalue weighted by atomic mass is 19.2. The third-order valence-electron chi connectivity index (χ3n) is 4.77. The SMILES string of the molecule is NNC1=NCCN(C(=O)CC(N)C2CCc3cc(F)c(F)cc32)C1. The lowest BCUT2D eigenvalue weighted by atomic mass is 9.91. The minimum absolute atomic E-state index is 0.0822. The maximum Gasteiger partial charge on any atom is 0.224 e. The van der Waals surface area contributed by atoms with Crippen molar-refractivity contribution in [1.82, 2.24) is 10.3 Å². The van der Waals surface area contributed by atoms with Crippen molar-refractivity contribution < 1.29 is 13.6 Å². The average molecular weight is 337 g/mol. The molecule has 0 aromatic heterocycles. The predicted molar refractivity (Wildman–Crippen MR) is 86.2 cm³/mol. The Hall–Kier alpha value is -2.06. The lowest BCUT2D eigenvalue weighted by Crippen LogP contribution is -2.48. The second-order valence-electron chi connectivity index (χ2n) is 6.27. The smallest absolute Gasteiger partial charge is 0.224 e. The van der Waals surface area contributed by atoms with Crippen molar-refractivity contribution in [3.8, 4) is 0 Å². The number of aryl methyl sites for hydroxylation is 1. The first-order valence-electron chi connectivity index (χ1n) is 8.00. The van der Waals surface area contributed by atoms with Crippen LogP contribution in [-0.2, 0) is 11.2 Å². The molecule has 1 aliphatic carbocycles. The summed E-state index contributed by atoms with van der Waals surface area (Å²) in [6.07, 6.45) is 1.50. The number of amidine groups is 1. The Labute approximate surface area is 138 Å². The number of nitrogens with one attached hydrogen (secondary N) is 1. The molecule has 1 aromatic carbocycles. The minimum Gasteiger partial charge on any atom is -0.333 e. The van der Waals surface area contributed by atoms with Crippen molar-refractivity contribution in [2.75, 3.05) is 19.6 Å². The fraction of sp³-hybridized carbons (Fsp3) is 0.500. The Kier molecular flexibility index (Phi) is 4.77. The van der Waals surface area contributed by atoms with Crippen molar-refractivity contribution in [3.05, 3.63) is 34.9 Å². The van der Waals surface area contributed by atoms with E-state index in [1.807, 2.05) is 0 Å². The molecule has 24 heavy (non-hydrogen) atoms. The zero-order valence-electron chi connectivity index (χ0n) is 13.3. The van der Waals surface area contributed by atoms with Crippen LogP contribution < -0.4 is 17.0 Å². The average Bonchev–Trinajstić information content (AvgIpc) is 2.98. The van der Waals surface area contributed by atoms with Gasteiger partial charge in [0.2, 0.25) is 5.91 Å². The lowest BCUT2D eigenvalue weighted by molar-refractivity contribution is -0.131. The van der Waals surface area contributed by atoms with Gasteiger partial charge in [0, 0.05) is 24.9 Å². The Morgan fingerprint density at radius 3 is 2.92 bits per heavy atom. The van der Waals surface area contributed by atoms with Gasteiger partial charge in [0.15, 0.2) is 11.6 Å². The van der Waals surface area contributed by atoms with Crippen LogP contribution in [0.2, 0.25) is 0 Å². The van der Waals surface area contributed by atoms with Crippen molar-refractivity contribution in [2.45, 2.75) is 31.2 Å². The molecule has 2 aliphatic rings. The quantitative estimate of drug-likeness (QED) is 0.550. The monoisotopic (exact) mass is 337 g/mol. The van der Waals surface area contributed by atoms with Gasteiger partial charge in [0.1, 0.15) is 5.84 Å². The maximum atomic E-state index is 13.5. The van der Waals surface area contributed by atoms with Crippen molar-refractivity contribution in [3.63, 3.8) is 0 Å². The van der Waals surface area contributed by atoms with Crippen LogP contribution in [0.1, 0.15) is 29.9 Å². The van der Waals surface area contributed by atoms with Gasteiger partial charge in [-0.15, -0.1) is 0 Å². The second-order valence-corrected chi connectivity index (χ2v) is 6.27. The van der Waals surface area contributed by atoms with E-state index in [4.69, 9.17) is 11.6 Å². The number of carbonyl (C=O) groups excluding carboxylic acids is 1. The summed E-state index contributed by atoms with van der Waals surface area (Å²) in [5, 5.41) is 0. The van der Waals surface area contributed by atoms with E-state index in [9.17, 15) is 13.6 Å². The number of carbonyl (C=O) groups is 1. The van der Waals surface area contributed by atoms with Crippen LogP contribution in [0.25, 0.3) is 0 Å². The molecule has 2 unspecified atom stereocenters. The van der Waals surface area contributed by atoms with E-state index in [2.05, 4.69) is 10.4 Å². The second kappa shape index (κ2) is 6.82. The fourth-order valence-electron chi connectivity index (χ4n) is 3.47. The van der Waals surface area contributed by atoms with Crippen molar-refractivity contribution >= 4 is 11.7 Å². The number of hydrogen-bond donors (Lipinski definition) is 3. The molecule has 0 spiro atoms. The first-order valence-corrected chi connectivity index (χ1v) is 8.00. The third-order valence-corrected chi connectivity index (χ3v) is 4.77. The summed E-state index contributed by atoms with van der Waals surface area (Å²) in [6.45, 7) is 1.36. The van der Waals surface area contributed by atoms with Gasteiger partial charge < -0.3 is 16.1 Å². The Balaban J connectivity index is 1.67. The van der Waals surface area contributed by atoms with Gasteiger partial charge in [-0.2, -0.15) is 0 Å². The molecule has 5 N–H and O–H groups in total. The van der Waals surface area contributed by atoms with Crippen LogP contribution in [0.4, 0.5) is 8.78 Å². The van der Waals surface area contributed by atoms with Crippen LogP contribution in [0, 0.1) is 11.6 Å². The number of hydrazine groups is 1. The number of nitrogens with two attached hydrogens (primary N) is 2. The zero-order valence-corrected chi connectivity index (χ0v) is 13.3. The third kappa shape index (κ3) is 3.25. The van der Waals surface area contributed by atoms with E-state index >= 15 is 0 Å². The molecule has 0 radical (unpaired) electrons. The number of halogens is 2. The van der Waals surface area contributed by atoms with Crippen LogP contribution in [0.15, 0.2) is 17.1 Å². The molecule has 0 saturated carbocycles. The molecule has 1 amide bonds. The first kappa shape index (κ1) is 16.8. The highest BCUT2D eigenvalue weighted by Gasteiger charge is 2.31. The van der Waals surface area contributed by atoms with Crippen molar-refractivity contribution in [1.29, 1.82) is 0 Å². The van der Waals surface area contributed by atoms with E-state index in [1.54, 1.807) is 4.90 Å². The highest BCUT2D eigenvalue weighted by molar-refractivity contribution is 5.89. The number of fused-ring (bicyclic) bond motifs is 1. The Morgan fingerprint density at radius 1 is 1.42 bits per heavy atom. The summed E-state index contributed by atoms with van der Waals surface area (Å²) in [6, 6.07) is 2.02. The first-order chi connectivity index (χ1) is 11.5. The molecule has 130 valence electrons. The highest BCUT2D eigenvalue weighted by Crippen LogP contribution is 2.37. The van der Waals surface area contributed by atoms with Gasteiger partial charge in [-0.1, -0.05) is 0 Å². The molecule has 2 atom stereocenters. The van der Waals surface area contributed by atoms with Crippen LogP contribution >= 0.6 is 0 Å². The predicted octanol–water partition coefficient (Wildman–Crippen LogP) is 0.416. The Morgan fingerprint density at radius 2 is 2.17 bits per heavy atom. The van der Waals surface area contributed by atoms with E-state index in [0.717, 1.165) is 11.1 Å². The summed E-state index contributed by atoms with van der Waals surface area (Å²) in [5.41, 5.74) is 10.2. The number of hydrogen-bond acceptors (Lipinski definition) is 5. The molecule has 1 aliphatic heterocycles. The van der Waals surface area contributed by atoms with Crippen LogP contribution in [0.5, 0.6) is 0 Å². The summed E-state index contributed by atoms with van der Waals surface area (Å²) in [4.78, 5) is 18.3. The van der Waals surface area contributed by atoms with Gasteiger partial charge in [-0.3, -0.25) is 9.79 Å². The van der Waals surface area contributed by atoms with E-state index in [-0.39, 0.29) is 18.2 Å². The molecule has 0 bridgehead atoms. The van der Waals surface area contributed by atoms with Crippen molar-refractivity contribution in [2.24, 2.45) is 16.6 Å². The molecule has 1 aromatic rings. The topological polar surface area (TPSA) is 96.7 Å². The normalized spacial score (nSPS) is 21.2. The van der Waals surface area contributed by atoms with Gasteiger partial charge in [-0.25, -0.2) is 14.6 Å². The lowest BCUT2D eigenvalue weighted by Gasteiger charge is -2.28. The minimum atomic E-state index is -0.870. The summed E-state index contributed by atoms with van der Waals surface area (Å²) >= 11 is 0. The number of nitrogens with zero attached hydrogens (tertiary/aromatic N) is 2. The summed E-state index contributed by atoms with van der Waals surface area (Å²) < 4.78 is 26.9. The van der Waals surface area contributed by atoms with Gasteiger partial charge in [-0.05, 0) is 36.1 Å². The Bertz CT molecular complexity index is 679. The van der Waals surface area contributed by atoms with Gasteiger partial charge in [0.25, 0.3) is 0 Å². The molecule has 1 heterocycles. The standard InChI is InChI=1S/C16H21F2N5O/c17-12-5-9-1-2-10(11(9)6-13(12)18)14(19)7-16(24)23-4-3-21-15(8-23)22-20/h5-6,10,14H,1-4,7-8,19-20H2,(H,21,22).